The molecular weight excluding hydrogens is 446 g/mol. The molecule has 0 saturated carbocycles. The normalized spacial score (nSPS) is 13.7. The van der Waals surface area contributed by atoms with Gasteiger partial charge in [-0.25, -0.2) is 9.13 Å². The van der Waals surface area contributed by atoms with Crippen LogP contribution in [-0.2, 0) is 22.9 Å². The van der Waals surface area contributed by atoms with Crippen molar-refractivity contribution in [3.63, 3.8) is 0 Å². The number of rotatable bonds is 20. The van der Waals surface area contributed by atoms with E-state index in [0.29, 0.717) is 0 Å². The summed E-state index contributed by atoms with van der Waals surface area (Å²) in [5.74, 6) is 0. The Morgan fingerprint density at radius 2 is 0.903 bits per heavy atom. The van der Waals surface area contributed by atoms with Gasteiger partial charge in [-0.1, -0.05) is 66.2 Å². The zero-order valence-corrected chi connectivity index (χ0v) is 21.4. The van der Waals surface area contributed by atoms with Gasteiger partial charge in [0.05, 0.1) is 13.2 Å². The molecule has 188 valence electrons. The number of ether oxygens (including phenoxy) is 1. The van der Waals surface area contributed by atoms with Crippen LogP contribution >= 0.6 is 15.6 Å². The molecule has 0 heterocycles. The molecule has 0 radical (unpaired) electrons. The summed E-state index contributed by atoms with van der Waals surface area (Å²) in [5, 5.41) is 0. The van der Waals surface area contributed by atoms with Gasteiger partial charge in [0.2, 0.25) is 0 Å². The third-order valence-electron chi connectivity index (χ3n) is 5.03. The number of hydrogen-bond acceptors (Lipinski definition) is 5. The lowest BCUT2D eigenvalue weighted by Gasteiger charge is -2.24. The minimum Gasteiger partial charge on any atom is -0.381 e. The fourth-order valence-corrected chi connectivity index (χ4v) is 4.12. The molecule has 0 bridgehead atoms. The van der Waals surface area contributed by atoms with E-state index in [1.165, 1.54) is 0 Å². The topological polar surface area (TPSA) is 143 Å². The second-order valence-electron chi connectivity index (χ2n) is 9.80. The molecular formula is C20H44O9P2. The Bertz CT molecular complexity index is 507. The monoisotopic (exact) mass is 490 g/mol. The van der Waals surface area contributed by atoms with Crippen molar-refractivity contribution in [1.29, 1.82) is 0 Å². The van der Waals surface area contributed by atoms with E-state index in [4.69, 9.17) is 24.3 Å². The SMILES string of the molecule is CC(C)(CCCCCCOCCCCCCC(C)(C)COP(=O)(O)O)COP(=O)(O)O. The predicted octanol–water partition coefficient (Wildman–Crippen LogP) is 5.18. The Morgan fingerprint density at radius 1 is 0.581 bits per heavy atom. The largest absolute Gasteiger partial charge is 0.469 e. The molecule has 0 aliphatic rings. The lowest BCUT2D eigenvalue weighted by molar-refractivity contribution is 0.116. The standard InChI is InChI=1S/C20H44O9P2/c1-19(2,17-28-30(21,22)23)13-9-5-7-11-15-27-16-12-8-6-10-14-20(3,4)18-29-31(24,25)26/h5-18H2,1-4H3,(H2,21,22,23)(H2,24,25,26). The maximum atomic E-state index is 10.8. The summed E-state index contributed by atoms with van der Waals surface area (Å²) in [4.78, 5) is 35.1. The first-order chi connectivity index (χ1) is 14.1. The highest BCUT2D eigenvalue weighted by atomic mass is 31.2. The van der Waals surface area contributed by atoms with Crippen molar-refractivity contribution < 1.29 is 42.5 Å². The second-order valence-corrected chi connectivity index (χ2v) is 12.3. The molecule has 0 spiro atoms. The Morgan fingerprint density at radius 3 is 1.23 bits per heavy atom. The zero-order chi connectivity index (χ0) is 24.0. The Hall–Kier alpha value is 0.180. The van der Waals surface area contributed by atoms with Gasteiger partial charge in [-0.05, 0) is 36.5 Å². The van der Waals surface area contributed by atoms with E-state index >= 15 is 0 Å². The van der Waals surface area contributed by atoms with Crippen LogP contribution in [0, 0.1) is 10.8 Å². The van der Waals surface area contributed by atoms with Crippen molar-refractivity contribution in [1.82, 2.24) is 0 Å². The van der Waals surface area contributed by atoms with Gasteiger partial charge in [-0.3, -0.25) is 9.05 Å². The molecule has 4 N–H and O–H groups in total. The minimum atomic E-state index is -4.40. The maximum absolute atomic E-state index is 10.8. The van der Waals surface area contributed by atoms with Crippen molar-refractivity contribution in [2.45, 2.75) is 91.9 Å². The van der Waals surface area contributed by atoms with Crippen LogP contribution in [-0.4, -0.2) is 46.0 Å². The zero-order valence-electron chi connectivity index (χ0n) is 19.6. The number of phosphoric ester groups is 2. The van der Waals surface area contributed by atoms with Gasteiger partial charge in [-0.2, -0.15) is 0 Å². The molecule has 0 saturated heterocycles. The predicted molar refractivity (Wildman–Crippen MR) is 121 cm³/mol. The highest BCUT2D eigenvalue weighted by Gasteiger charge is 2.24. The summed E-state index contributed by atoms with van der Waals surface area (Å²) in [7, 11) is -8.79. The van der Waals surface area contributed by atoms with E-state index in [-0.39, 0.29) is 24.0 Å². The van der Waals surface area contributed by atoms with Crippen LogP contribution in [0.3, 0.4) is 0 Å². The first-order valence-corrected chi connectivity index (χ1v) is 14.2. The smallest absolute Gasteiger partial charge is 0.381 e. The highest BCUT2D eigenvalue weighted by Crippen LogP contribution is 2.40. The van der Waals surface area contributed by atoms with Gasteiger partial charge in [-0.15, -0.1) is 0 Å². The summed E-state index contributed by atoms with van der Waals surface area (Å²) in [6.45, 7) is 9.39. The van der Waals surface area contributed by atoms with Gasteiger partial charge < -0.3 is 24.3 Å². The third kappa shape index (κ3) is 23.1. The second kappa shape index (κ2) is 15.2. The van der Waals surface area contributed by atoms with E-state index < -0.39 is 15.6 Å². The van der Waals surface area contributed by atoms with Crippen molar-refractivity contribution in [2.24, 2.45) is 10.8 Å². The van der Waals surface area contributed by atoms with Crippen LogP contribution in [0.5, 0.6) is 0 Å². The van der Waals surface area contributed by atoms with E-state index in [2.05, 4.69) is 9.05 Å². The summed E-state index contributed by atoms with van der Waals surface area (Å²) in [6, 6.07) is 0. The Kier molecular flexibility index (Phi) is 15.2. The van der Waals surface area contributed by atoms with Gasteiger partial charge >= 0.3 is 15.6 Å². The molecule has 0 aliphatic heterocycles. The first-order valence-electron chi connectivity index (χ1n) is 11.1. The third-order valence-corrected chi connectivity index (χ3v) is 5.96. The van der Waals surface area contributed by atoms with Crippen molar-refractivity contribution >= 4 is 15.6 Å². The van der Waals surface area contributed by atoms with Crippen LogP contribution in [0.1, 0.15) is 91.9 Å². The van der Waals surface area contributed by atoms with Gasteiger partial charge in [0.15, 0.2) is 0 Å². The average Bonchev–Trinajstić information content (AvgIpc) is 2.61. The number of phosphoric acid groups is 2. The number of unbranched alkanes of at least 4 members (excludes halogenated alkanes) is 6. The summed E-state index contributed by atoms with van der Waals surface area (Å²) in [6.07, 6.45) is 9.98. The lowest BCUT2D eigenvalue weighted by Crippen LogP contribution is -2.18. The van der Waals surface area contributed by atoms with Gasteiger partial charge in [0.25, 0.3) is 0 Å². The molecule has 0 aromatic carbocycles. The van der Waals surface area contributed by atoms with E-state index in [1.807, 2.05) is 27.7 Å². The van der Waals surface area contributed by atoms with Crippen LogP contribution < -0.4 is 0 Å². The molecule has 31 heavy (non-hydrogen) atoms. The first kappa shape index (κ1) is 31.2. The summed E-state index contributed by atoms with van der Waals surface area (Å²) < 4.78 is 36.4. The van der Waals surface area contributed by atoms with Crippen LogP contribution in [0.2, 0.25) is 0 Å². The van der Waals surface area contributed by atoms with Crippen LogP contribution in [0.15, 0.2) is 0 Å². The quantitative estimate of drug-likeness (QED) is 0.134. The van der Waals surface area contributed by atoms with E-state index in [9.17, 15) is 9.13 Å². The molecule has 0 aliphatic carbocycles. The van der Waals surface area contributed by atoms with Gasteiger partial charge in [0, 0.05) is 13.2 Å². The maximum Gasteiger partial charge on any atom is 0.469 e. The Balaban J connectivity index is 3.51. The highest BCUT2D eigenvalue weighted by molar-refractivity contribution is 7.46. The molecule has 0 unspecified atom stereocenters. The lowest BCUT2D eigenvalue weighted by atomic mass is 9.88. The molecule has 0 aromatic heterocycles. The van der Waals surface area contributed by atoms with Crippen LogP contribution in [0.25, 0.3) is 0 Å². The van der Waals surface area contributed by atoms with Crippen molar-refractivity contribution in [3.05, 3.63) is 0 Å². The van der Waals surface area contributed by atoms with E-state index in [1.54, 1.807) is 0 Å². The molecule has 0 rings (SSSR count). The van der Waals surface area contributed by atoms with Gasteiger partial charge in [0.1, 0.15) is 0 Å². The molecule has 9 nitrogen and oxygen atoms in total. The Labute approximate surface area is 187 Å². The molecule has 0 atom stereocenters. The fourth-order valence-electron chi connectivity index (χ4n) is 3.09. The van der Waals surface area contributed by atoms with Crippen LogP contribution in [0.4, 0.5) is 0 Å². The fraction of sp³-hybridized carbons (Fsp3) is 1.00. The summed E-state index contributed by atoms with van der Waals surface area (Å²) in [5.41, 5.74) is -0.501. The molecule has 0 aromatic rings. The number of hydrogen-bond donors (Lipinski definition) is 4. The van der Waals surface area contributed by atoms with Crippen molar-refractivity contribution in [2.75, 3.05) is 26.4 Å². The molecule has 11 heteroatoms. The molecule has 0 fully saturated rings. The summed E-state index contributed by atoms with van der Waals surface area (Å²) >= 11 is 0. The minimum absolute atomic E-state index is 0.0546. The average molecular weight is 491 g/mol. The van der Waals surface area contributed by atoms with Crippen molar-refractivity contribution in [3.8, 4) is 0 Å². The van der Waals surface area contributed by atoms with E-state index in [0.717, 1.165) is 77.4 Å². The molecule has 0 amide bonds.